The molecule has 4 nitrogen and oxygen atoms in total. The van der Waals surface area contributed by atoms with Gasteiger partial charge in [-0.05, 0) is 48.9 Å². The lowest BCUT2D eigenvalue weighted by molar-refractivity contribution is 0.102. The van der Waals surface area contributed by atoms with E-state index in [0.717, 1.165) is 5.56 Å². The Morgan fingerprint density at radius 2 is 2.00 bits per heavy atom. The fourth-order valence-corrected chi connectivity index (χ4v) is 2.15. The Labute approximate surface area is 124 Å². The second-order valence-corrected chi connectivity index (χ2v) is 5.17. The number of hydrogen-bond acceptors (Lipinski definition) is 3. The van der Waals surface area contributed by atoms with Gasteiger partial charge >= 0.3 is 0 Å². The van der Waals surface area contributed by atoms with Crippen molar-refractivity contribution in [1.82, 2.24) is 0 Å². The van der Waals surface area contributed by atoms with Crippen LogP contribution in [0.3, 0.4) is 0 Å². The average molecular weight is 338 g/mol. The number of amides is 1. The molecule has 0 fully saturated rings. The lowest BCUT2D eigenvalue weighted by Crippen LogP contribution is -2.15. The third-order valence-electron chi connectivity index (χ3n) is 2.81. The first-order valence-corrected chi connectivity index (χ1v) is 6.64. The number of rotatable bonds is 3. The molecule has 0 unspecified atom stereocenters. The van der Waals surface area contributed by atoms with Crippen LogP contribution in [0.25, 0.3) is 0 Å². The van der Waals surface area contributed by atoms with Gasteiger partial charge in [0.05, 0.1) is 5.69 Å². The van der Waals surface area contributed by atoms with Crippen molar-refractivity contribution in [3.8, 4) is 0 Å². The van der Waals surface area contributed by atoms with Gasteiger partial charge in [-0.1, -0.05) is 15.9 Å². The predicted octanol–water partition coefficient (Wildman–Crippen LogP) is 3.43. The summed E-state index contributed by atoms with van der Waals surface area (Å²) in [5.74, 6) is 4.44. The number of aryl methyl sites for hydroxylation is 1. The highest BCUT2D eigenvalue weighted by molar-refractivity contribution is 9.10. The van der Waals surface area contributed by atoms with Crippen LogP contribution in [0.5, 0.6) is 0 Å². The maximum atomic E-state index is 13.6. The van der Waals surface area contributed by atoms with Crippen molar-refractivity contribution >= 4 is 33.2 Å². The number of anilines is 2. The van der Waals surface area contributed by atoms with Gasteiger partial charge < -0.3 is 10.7 Å². The van der Waals surface area contributed by atoms with Gasteiger partial charge in [0.25, 0.3) is 5.91 Å². The summed E-state index contributed by atoms with van der Waals surface area (Å²) in [6.45, 7) is 1.78. The Kier molecular flexibility index (Phi) is 4.36. The molecule has 0 aliphatic carbocycles. The molecule has 0 aliphatic rings. The number of nitrogen functional groups attached to an aromatic ring is 1. The van der Waals surface area contributed by atoms with E-state index in [1.807, 2.05) is 0 Å². The van der Waals surface area contributed by atoms with Gasteiger partial charge in [-0.15, -0.1) is 0 Å². The molecule has 0 spiro atoms. The standard InChI is InChI=1S/C14H13BrFN3O/c1-8-6-10(19-17)3-4-11(8)14(20)18-13-7-9(15)2-5-12(13)16/h2-7,19H,17H2,1H3,(H,18,20). The predicted molar refractivity (Wildman–Crippen MR) is 81.0 cm³/mol. The number of halogens is 2. The molecule has 1 amide bonds. The van der Waals surface area contributed by atoms with E-state index in [4.69, 9.17) is 5.84 Å². The summed E-state index contributed by atoms with van der Waals surface area (Å²) in [4.78, 5) is 12.2. The molecule has 0 aromatic heterocycles. The highest BCUT2D eigenvalue weighted by atomic mass is 79.9. The quantitative estimate of drug-likeness (QED) is 0.593. The average Bonchev–Trinajstić information content (AvgIpc) is 2.42. The first-order chi connectivity index (χ1) is 9.51. The van der Waals surface area contributed by atoms with Gasteiger partial charge in [0.15, 0.2) is 0 Å². The van der Waals surface area contributed by atoms with Crippen molar-refractivity contribution in [3.63, 3.8) is 0 Å². The molecule has 6 heteroatoms. The summed E-state index contributed by atoms with van der Waals surface area (Å²) >= 11 is 3.24. The number of benzene rings is 2. The molecular formula is C14H13BrFN3O. The molecule has 2 aromatic rings. The molecule has 0 heterocycles. The van der Waals surface area contributed by atoms with Crippen LogP contribution in [0.2, 0.25) is 0 Å². The van der Waals surface area contributed by atoms with Crippen molar-refractivity contribution < 1.29 is 9.18 Å². The van der Waals surface area contributed by atoms with Gasteiger partial charge in [0, 0.05) is 15.7 Å². The van der Waals surface area contributed by atoms with Crippen LogP contribution in [-0.2, 0) is 0 Å². The monoisotopic (exact) mass is 337 g/mol. The molecule has 0 aliphatic heterocycles. The number of nitrogens with one attached hydrogen (secondary N) is 2. The summed E-state index contributed by atoms with van der Waals surface area (Å²) in [6.07, 6.45) is 0. The topological polar surface area (TPSA) is 67.1 Å². The molecule has 2 rings (SSSR count). The zero-order valence-electron chi connectivity index (χ0n) is 10.7. The molecule has 0 radical (unpaired) electrons. The maximum Gasteiger partial charge on any atom is 0.256 e. The van der Waals surface area contributed by atoms with E-state index in [2.05, 4.69) is 26.7 Å². The summed E-state index contributed by atoms with van der Waals surface area (Å²) in [7, 11) is 0. The third kappa shape index (κ3) is 3.15. The minimum atomic E-state index is -0.487. The molecule has 104 valence electrons. The smallest absolute Gasteiger partial charge is 0.256 e. The Hall–Kier alpha value is -1.92. The third-order valence-corrected chi connectivity index (χ3v) is 3.31. The van der Waals surface area contributed by atoms with Crippen molar-refractivity contribution in [2.45, 2.75) is 6.92 Å². The highest BCUT2D eigenvalue weighted by Gasteiger charge is 2.12. The molecule has 2 aromatic carbocycles. The van der Waals surface area contributed by atoms with E-state index < -0.39 is 5.82 Å². The van der Waals surface area contributed by atoms with Crippen LogP contribution in [-0.4, -0.2) is 5.91 Å². The van der Waals surface area contributed by atoms with Crippen LogP contribution < -0.4 is 16.6 Å². The minimum Gasteiger partial charge on any atom is -0.324 e. The van der Waals surface area contributed by atoms with Gasteiger partial charge in [0.1, 0.15) is 5.82 Å². The summed E-state index contributed by atoms with van der Waals surface area (Å²) < 4.78 is 14.3. The zero-order valence-corrected chi connectivity index (χ0v) is 12.3. The molecule has 4 N–H and O–H groups in total. The second-order valence-electron chi connectivity index (χ2n) is 4.25. The van der Waals surface area contributed by atoms with E-state index in [1.165, 1.54) is 12.1 Å². The number of carbonyl (C=O) groups is 1. The molecular weight excluding hydrogens is 325 g/mol. The fourth-order valence-electron chi connectivity index (χ4n) is 1.79. The van der Waals surface area contributed by atoms with Crippen LogP contribution in [0.4, 0.5) is 15.8 Å². The summed E-state index contributed by atoms with van der Waals surface area (Å²) in [5.41, 5.74) is 4.54. The Morgan fingerprint density at radius 1 is 1.25 bits per heavy atom. The van der Waals surface area contributed by atoms with Gasteiger partial charge in [-0.25, -0.2) is 4.39 Å². The van der Waals surface area contributed by atoms with E-state index in [1.54, 1.807) is 31.2 Å². The first kappa shape index (κ1) is 14.5. The number of hydrogen-bond donors (Lipinski definition) is 3. The molecule has 0 saturated heterocycles. The van der Waals surface area contributed by atoms with E-state index in [9.17, 15) is 9.18 Å². The van der Waals surface area contributed by atoms with E-state index in [-0.39, 0.29) is 11.6 Å². The summed E-state index contributed by atoms with van der Waals surface area (Å²) in [6, 6.07) is 9.42. The molecule has 0 saturated carbocycles. The van der Waals surface area contributed by atoms with Crippen molar-refractivity contribution in [3.05, 3.63) is 57.8 Å². The van der Waals surface area contributed by atoms with Gasteiger partial charge in [0.2, 0.25) is 0 Å². The van der Waals surface area contributed by atoms with Crippen molar-refractivity contribution in [2.75, 3.05) is 10.7 Å². The van der Waals surface area contributed by atoms with Crippen molar-refractivity contribution in [2.24, 2.45) is 5.84 Å². The maximum absolute atomic E-state index is 13.6. The van der Waals surface area contributed by atoms with Crippen LogP contribution >= 0.6 is 15.9 Å². The lowest BCUT2D eigenvalue weighted by atomic mass is 10.1. The minimum absolute atomic E-state index is 0.129. The van der Waals surface area contributed by atoms with E-state index in [0.29, 0.717) is 15.7 Å². The van der Waals surface area contributed by atoms with E-state index >= 15 is 0 Å². The fraction of sp³-hybridized carbons (Fsp3) is 0.0714. The largest absolute Gasteiger partial charge is 0.324 e. The highest BCUT2D eigenvalue weighted by Crippen LogP contribution is 2.22. The Balaban J connectivity index is 2.26. The van der Waals surface area contributed by atoms with Gasteiger partial charge in [-0.2, -0.15) is 0 Å². The van der Waals surface area contributed by atoms with Crippen LogP contribution in [0.1, 0.15) is 15.9 Å². The molecule has 0 atom stereocenters. The molecule has 0 bridgehead atoms. The second kappa shape index (κ2) is 6.02. The summed E-state index contributed by atoms with van der Waals surface area (Å²) in [5, 5.41) is 2.55. The Morgan fingerprint density at radius 3 is 2.65 bits per heavy atom. The molecule has 20 heavy (non-hydrogen) atoms. The number of hydrazine groups is 1. The Bertz CT molecular complexity index is 661. The van der Waals surface area contributed by atoms with Crippen LogP contribution in [0.15, 0.2) is 40.9 Å². The van der Waals surface area contributed by atoms with Gasteiger partial charge in [-0.3, -0.25) is 10.6 Å². The first-order valence-electron chi connectivity index (χ1n) is 5.85. The normalized spacial score (nSPS) is 10.2. The number of nitrogens with two attached hydrogens (primary N) is 1. The lowest BCUT2D eigenvalue weighted by Gasteiger charge is -2.10. The number of carbonyl (C=O) groups excluding carboxylic acids is 1. The van der Waals surface area contributed by atoms with Crippen molar-refractivity contribution in [1.29, 1.82) is 0 Å². The zero-order chi connectivity index (χ0) is 14.7. The van der Waals surface area contributed by atoms with Crippen LogP contribution in [0, 0.1) is 12.7 Å². The SMILES string of the molecule is Cc1cc(NN)ccc1C(=O)Nc1cc(Br)ccc1F.